The molecule has 1 aromatic heterocycles. The van der Waals surface area contributed by atoms with Crippen molar-refractivity contribution in [3.63, 3.8) is 0 Å². The Morgan fingerprint density at radius 2 is 2.31 bits per heavy atom. The molecule has 0 radical (unpaired) electrons. The van der Waals surface area contributed by atoms with Crippen LogP contribution in [0.2, 0.25) is 0 Å². The molecule has 1 heterocycles. The van der Waals surface area contributed by atoms with Gasteiger partial charge in [-0.2, -0.15) is 5.10 Å². The molecule has 3 nitrogen and oxygen atoms in total. The number of aromatic nitrogens is 2. The molecule has 0 aliphatic rings. The van der Waals surface area contributed by atoms with Gasteiger partial charge in [0.1, 0.15) is 5.82 Å². The van der Waals surface area contributed by atoms with E-state index in [1.54, 1.807) is 0 Å². The second-order valence-corrected chi connectivity index (χ2v) is 3.63. The van der Waals surface area contributed by atoms with Gasteiger partial charge in [0.2, 0.25) is 0 Å². The summed E-state index contributed by atoms with van der Waals surface area (Å²) >= 11 is 0. The summed E-state index contributed by atoms with van der Waals surface area (Å²) < 4.78 is 1.89. The summed E-state index contributed by atoms with van der Waals surface area (Å²) in [6.45, 7) is 6.44. The normalized spacial score (nSPS) is 12.9. The second kappa shape index (κ2) is 4.30. The van der Waals surface area contributed by atoms with E-state index in [1.807, 2.05) is 11.7 Å². The molecule has 3 heteroatoms. The third kappa shape index (κ3) is 2.76. The van der Waals surface area contributed by atoms with E-state index >= 15 is 0 Å². The van der Waals surface area contributed by atoms with Crippen LogP contribution >= 0.6 is 0 Å². The molecule has 0 aliphatic heterocycles. The molecule has 0 bridgehead atoms. The van der Waals surface area contributed by atoms with E-state index in [9.17, 15) is 0 Å². The highest BCUT2D eigenvalue weighted by Gasteiger charge is 2.04. The van der Waals surface area contributed by atoms with Crippen LogP contribution in [0.15, 0.2) is 6.07 Å². The van der Waals surface area contributed by atoms with E-state index in [2.05, 4.69) is 37.3 Å². The highest BCUT2D eigenvalue weighted by molar-refractivity contribution is 5.36. The van der Waals surface area contributed by atoms with E-state index < -0.39 is 0 Å². The molecule has 0 spiro atoms. The predicted molar refractivity (Wildman–Crippen MR) is 55.9 cm³/mol. The molecule has 0 aliphatic carbocycles. The smallest absolute Gasteiger partial charge is 0.148 e. The molecule has 0 aromatic carbocycles. The van der Waals surface area contributed by atoms with Crippen LogP contribution in [-0.2, 0) is 7.05 Å². The number of rotatable bonds is 4. The molecule has 1 N–H and O–H groups in total. The summed E-state index contributed by atoms with van der Waals surface area (Å²) in [5.74, 6) is 0.987. The molecule has 0 fully saturated rings. The Morgan fingerprint density at radius 3 is 2.77 bits per heavy atom. The lowest BCUT2D eigenvalue weighted by molar-refractivity contribution is 0.679. The quantitative estimate of drug-likeness (QED) is 0.772. The average molecular weight is 181 g/mol. The van der Waals surface area contributed by atoms with E-state index in [-0.39, 0.29) is 0 Å². The molecule has 1 atom stereocenters. The molecule has 74 valence electrons. The number of aryl methyl sites for hydroxylation is 2. The van der Waals surface area contributed by atoms with Crippen molar-refractivity contribution < 1.29 is 0 Å². The van der Waals surface area contributed by atoms with Crippen molar-refractivity contribution in [1.82, 2.24) is 9.78 Å². The molecule has 1 unspecified atom stereocenters. The number of nitrogens with one attached hydrogen (secondary N) is 1. The van der Waals surface area contributed by atoms with E-state index in [1.165, 1.54) is 18.5 Å². The first-order chi connectivity index (χ1) is 6.13. The van der Waals surface area contributed by atoms with Crippen molar-refractivity contribution in [2.75, 3.05) is 5.32 Å². The van der Waals surface area contributed by atoms with Crippen molar-refractivity contribution in [1.29, 1.82) is 0 Å². The first-order valence-corrected chi connectivity index (χ1v) is 4.90. The Bertz CT molecular complexity index is 246. The van der Waals surface area contributed by atoms with Gasteiger partial charge >= 0.3 is 0 Å². The molecule has 1 aromatic rings. The molecule has 0 amide bonds. The number of hydrogen-bond donors (Lipinski definition) is 1. The summed E-state index contributed by atoms with van der Waals surface area (Å²) in [7, 11) is 1.96. The maximum absolute atomic E-state index is 4.34. The van der Waals surface area contributed by atoms with Crippen molar-refractivity contribution in [2.24, 2.45) is 7.05 Å². The largest absolute Gasteiger partial charge is 0.366 e. The first kappa shape index (κ1) is 10.1. The number of anilines is 1. The standard InChI is InChI=1S/C10H19N3/c1-5-6-8(2)11-10-7-9(3)13(4)12-10/h7-8H,5-6H2,1-4H3,(H,11,12). The molecule has 0 saturated carbocycles. The summed E-state index contributed by atoms with van der Waals surface area (Å²) in [5.41, 5.74) is 1.19. The third-order valence-corrected chi connectivity index (χ3v) is 2.23. The Morgan fingerprint density at radius 1 is 1.62 bits per heavy atom. The Labute approximate surface area is 80.1 Å². The predicted octanol–water partition coefficient (Wildman–Crippen LogP) is 2.33. The Hall–Kier alpha value is -0.990. The minimum atomic E-state index is 0.513. The van der Waals surface area contributed by atoms with Gasteiger partial charge in [-0.1, -0.05) is 13.3 Å². The molecular formula is C10H19N3. The zero-order valence-corrected chi connectivity index (χ0v) is 8.96. The number of nitrogens with zero attached hydrogens (tertiary/aromatic N) is 2. The molecule has 13 heavy (non-hydrogen) atoms. The zero-order chi connectivity index (χ0) is 9.84. The van der Waals surface area contributed by atoms with Crippen molar-refractivity contribution in [3.8, 4) is 0 Å². The zero-order valence-electron chi connectivity index (χ0n) is 8.96. The second-order valence-electron chi connectivity index (χ2n) is 3.63. The Kier molecular flexibility index (Phi) is 3.34. The maximum atomic E-state index is 4.34. The maximum Gasteiger partial charge on any atom is 0.148 e. The lowest BCUT2D eigenvalue weighted by Gasteiger charge is -2.10. The van der Waals surface area contributed by atoms with Crippen LogP contribution in [0.1, 0.15) is 32.4 Å². The van der Waals surface area contributed by atoms with E-state index in [4.69, 9.17) is 0 Å². The van der Waals surface area contributed by atoms with Gasteiger partial charge in [0.25, 0.3) is 0 Å². The summed E-state index contributed by atoms with van der Waals surface area (Å²) in [6, 6.07) is 2.59. The van der Waals surface area contributed by atoms with E-state index in [0.717, 1.165) is 5.82 Å². The van der Waals surface area contributed by atoms with Crippen LogP contribution in [0.5, 0.6) is 0 Å². The first-order valence-electron chi connectivity index (χ1n) is 4.90. The minimum Gasteiger partial charge on any atom is -0.366 e. The van der Waals surface area contributed by atoms with Gasteiger partial charge in [-0.3, -0.25) is 4.68 Å². The Balaban J connectivity index is 2.53. The van der Waals surface area contributed by atoms with Gasteiger partial charge in [0.15, 0.2) is 0 Å². The number of hydrogen-bond acceptors (Lipinski definition) is 2. The highest BCUT2D eigenvalue weighted by atomic mass is 15.3. The fraction of sp³-hybridized carbons (Fsp3) is 0.700. The van der Waals surface area contributed by atoms with Crippen molar-refractivity contribution in [3.05, 3.63) is 11.8 Å². The molecular weight excluding hydrogens is 162 g/mol. The monoisotopic (exact) mass is 181 g/mol. The fourth-order valence-corrected chi connectivity index (χ4v) is 1.39. The van der Waals surface area contributed by atoms with Gasteiger partial charge in [-0.15, -0.1) is 0 Å². The summed E-state index contributed by atoms with van der Waals surface area (Å²) in [5, 5.41) is 7.71. The van der Waals surface area contributed by atoms with Crippen molar-refractivity contribution in [2.45, 2.75) is 39.7 Å². The average Bonchev–Trinajstić information content (AvgIpc) is 2.31. The summed E-state index contributed by atoms with van der Waals surface area (Å²) in [6.07, 6.45) is 2.40. The topological polar surface area (TPSA) is 29.9 Å². The van der Waals surface area contributed by atoms with Crippen LogP contribution in [-0.4, -0.2) is 15.8 Å². The van der Waals surface area contributed by atoms with Crippen molar-refractivity contribution >= 4 is 5.82 Å². The molecule has 1 rings (SSSR count). The van der Waals surface area contributed by atoms with Gasteiger partial charge in [0, 0.05) is 24.8 Å². The van der Waals surface area contributed by atoms with Crippen LogP contribution in [0.25, 0.3) is 0 Å². The van der Waals surface area contributed by atoms with Crippen LogP contribution in [0, 0.1) is 6.92 Å². The van der Waals surface area contributed by atoms with Crippen LogP contribution in [0.3, 0.4) is 0 Å². The van der Waals surface area contributed by atoms with Gasteiger partial charge in [0.05, 0.1) is 0 Å². The molecule has 0 saturated heterocycles. The fourth-order valence-electron chi connectivity index (χ4n) is 1.39. The third-order valence-electron chi connectivity index (χ3n) is 2.23. The highest BCUT2D eigenvalue weighted by Crippen LogP contribution is 2.09. The lowest BCUT2D eigenvalue weighted by atomic mass is 10.2. The van der Waals surface area contributed by atoms with Gasteiger partial charge < -0.3 is 5.32 Å². The minimum absolute atomic E-state index is 0.513. The lowest BCUT2D eigenvalue weighted by Crippen LogP contribution is -2.14. The van der Waals surface area contributed by atoms with E-state index in [0.29, 0.717) is 6.04 Å². The van der Waals surface area contributed by atoms with Gasteiger partial charge in [-0.25, -0.2) is 0 Å². The van der Waals surface area contributed by atoms with Crippen LogP contribution in [0.4, 0.5) is 5.82 Å². The van der Waals surface area contributed by atoms with Crippen LogP contribution < -0.4 is 5.32 Å². The van der Waals surface area contributed by atoms with Gasteiger partial charge in [-0.05, 0) is 20.3 Å². The SMILES string of the molecule is CCCC(C)Nc1cc(C)n(C)n1. The summed E-state index contributed by atoms with van der Waals surface area (Å²) in [4.78, 5) is 0.